The molecule has 19 heavy (non-hydrogen) atoms. The lowest BCUT2D eigenvalue weighted by Gasteiger charge is -2.13. The fourth-order valence-corrected chi connectivity index (χ4v) is 3.38. The number of hydrogen-bond acceptors (Lipinski definition) is 0. The topological polar surface area (TPSA) is 0 Å². The van der Waals surface area contributed by atoms with E-state index in [-0.39, 0.29) is 12.0 Å². The van der Waals surface area contributed by atoms with Crippen LogP contribution in [0.15, 0.2) is 40.9 Å². The Morgan fingerprint density at radius 1 is 1.21 bits per heavy atom. The van der Waals surface area contributed by atoms with Gasteiger partial charge in [0.15, 0.2) is 11.6 Å². The summed E-state index contributed by atoms with van der Waals surface area (Å²) in [5.41, 5.74) is 1.19. The normalized spacial score (nSPS) is 12.5. The van der Waals surface area contributed by atoms with Gasteiger partial charge in [-0.2, -0.15) is 0 Å². The molecular formula is C14H9BrClF2I. The standard InChI is InChI=1S/C14H9BrClF2I/c15-9-4-5-13(19)10(7-9)11(16)6-8-2-1-3-12(17)14(8)18/h1-5,7,11H,6H2. The monoisotopic (exact) mass is 456 g/mol. The van der Waals surface area contributed by atoms with Crippen molar-refractivity contribution < 1.29 is 8.78 Å². The van der Waals surface area contributed by atoms with E-state index in [0.717, 1.165) is 19.7 Å². The summed E-state index contributed by atoms with van der Waals surface area (Å²) in [6.07, 6.45) is 0.248. The van der Waals surface area contributed by atoms with Crippen molar-refractivity contribution in [3.8, 4) is 0 Å². The quantitative estimate of drug-likeness (QED) is 0.400. The smallest absolute Gasteiger partial charge is 0.162 e. The molecule has 0 nitrogen and oxygen atoms in total. The first-order chi connectivity index (χ1) is 8.99. The van der Waals surface area contributed by atoms with E-state index in [1.54, 1.807) is 6.07 Å². The summed E-state index contributed by atoms with van der Waals surface area (Å²) in [5.74, 6) is -1.66. The van der Waals surface area contributed by atoms with E-state index in [1.165, 1.54) is 6.07 Å². The molecule has 0 aliphatic carbocycles. The molecule has 0 spiro atoms. The number of alkyl halides is 1. The first kappa shape index (κ1) is 15.2. The minimum Gasteiger partial charge on any atom is -0.204 e. The highest BCUT2D eigenvalue weighted by Crippen LogP contribution is 2.31. The molecule has 5 heteroatoms. The Hall–Kier alpha value is -0.200. The lowest BCUT2D eigenvalue weighted by molar-refractivity contribution is 0.498. The molecule has 0 saturated carbocycles. The first-order valence-corrected chi connectivity index (χ1v) is 7.81. The molecule has 0 heterocycles. The summed E-state index contributed by atoms with van der Waals surface area (Å²) >= 11 is 11.9. The molecule has 2 rings (SSSR count). The Bertz CT molecular complexity index is 604. The van der Waals surface area contributed by atoms with Gasteiger partial charge in [0.1, 0.15) is 0 Å². The third-order valence-electron chi connectivity index (χ3n) is 2.73. The van der Waals surface area contributed by atoms with Crippen LogP contribution in [-0.2, 0) is 6.42 Å². The Morgan fingerprint density at radius 2 is 1.95 bits per heavy atom. The molecule has 2 aromatic rings. The van der Waals surface area contributed by atoms with E-state index in [0.29, 0.717) is 0 Å². The zero-order valence-corrected chi connectivity index (χ0v) is 14.1. The van der Waals surface area contributed by atoms with Crippen LogP contribution in [0.1, 0.15) is 16.5 Å². The van der Waals surface area contributed by atoms with Gasteiger partial charge in [0, 0.05) is 8.04 Å². The second-order valence-electron chi connectivity index (χ2n) is 4.05. The van der Waals surface area contributed by atoms with Gasteiger partial charge in [-0.15, -0.1) is 11.6 Å². The molecule has 0 amide bonds. The van der Waals surface area contributed by atoms with Crippen LogP contribution in [0.5, 0.6) is 0 Å². The van der Waals surface area contributed by atoms with Crippen molar-refractivity contribution >= 4 is 50.1 Å². The van der Waals surface area contributed by atoms with Gasteiger partial charge in [-0.05, 0) is 64.4 Å². The molecule has 0 N–H and O–H groups in total. The lowest BCUT2D eigenvalue weighted by Crippen LogP contribution is -2.02. The summed E-state index contributed by atoms with van der Waals surface area (Å²) in [6.45, 7) is 0. The van der Waals surface area contributed by atoms with Gasteiger partial charge in [-0.1, -0.05) is 28.1 Å². The predicted octanol–water partition coefficient (Wildman–Crippen LogP) is 5.85. The van der Waals surface area contributed by atoms with Crippen molar-refractivity contribution in [2.24, 2.45) is 0 Å². The zero-order valence-electron chi connectivity index (χ0n) is 9.64. The third kappa shape index (κ3) is 3.67. The molecular weight excluding hydrogens is 448 g/mol. The molecule has 0 radical (unpaired) electrons. The Labute approximate surface area is 137 Å². The molecule has 0 aliphatic heterocycles. The predicted molar refractivity (Wildman–Crippen MR) is 85.5 cm³/mol. The van der Waals surface area contributed by atoms with Gasteiger partial charge in [0.05, 0.1) is 5.38 Å². The van der Waals surface area contributed by atoms with Gasteiger partial charge in [0.2, 0.25) is 0 Å². The van der Waals surface area contributed by atoms with Crippen LogP contribution >= 0.6 is 50.1 Å². The molecule has 0 aromatic heterocycles. The van der Waals surface area contributed by atoms with Crippen molar-refractivity contribution in [1.29, 1.82) is 0 Å². The average molecular weight is 457 g/mol. The van der Waals surface area contributed by atoms with Gasteiger partial charge in [0.25, 0.3) is 0 Å². The highest BCUT2D eigenvalue weighted by molar-refractivity contribution is 14.1. The Kier molecular flexibility index (Phi) is 5.20. The van der Waals surface area contributed by atoms with Crippen LogP contribution in [0.3, 0.4) is 0 Å². The molecule has 1 unspecified atom stereocenters. The van der Waals surface area contributed by atoms with Crippen molar-refractivity contribution in [3.05, 3.63) is 67.2 Å². The summed E-state index contributed by atoms with van der Waals surface area (Å²) < 4.78 is 28.7. The van der Waals surface area contributed by atoms with E-state index in [1.807, 2.05) is 18.2 Å². The minimum absolute atomic E-state index is 0.248. The Balaban J connectivity index is 2.28. The molecule has 1 atom stereocenters. The van der Waals surface area contributed by atoms with E-state index in [2.05, 4.69) is 38.5 Å². The fourth-order valence-electron chi connectivity index (χ4n) is 1.76. The maximum atomic E-state index is 13.6. The summed E-state index contributed by atoms with van der Waals surface area (Å²) in [6, 6.07) is 9.89. The average Bonchev–Trinajstić information content (AvgIpc) is 2.38. The van der Waals surface area contributed by atoms with Gasteiger partial charge in [-0.25, -0.2) is 8.78 Å². The number of halogens is 5. The summed E-state index contributed by atoms with van der Waals surface area (Å²) in [4.78, 5) is 0. The second kappa shape index (κ2) is 6.50. The number of rotatable bonds is 3. The van der Waals surface area contributed by atoms with Gasteiger partial charge < -0.3 is 0 Å². The van der Waals surface area contributed by atoms with Gasteiger partial charge in [-0.3, -0.25) is 0 Å². The highest BCUT2D eigenvalue weighted by Gasteiger charge is 2.16. The Morgan fingerprint density at radius 3 is 2.68 bits per heavy atom. The van der Waals surface area contributed by atoms with Crippen LogP contribution in [0.25, 0.3) is 0 Å². The first-order valence-electron chi connectivity index (χ1n) is 5.51. The number of hydrogen-bond donors (Lipinski definition) is 0. The lowest BCUT2D eigenvalue weighted by atomic mass is 10.0. The van der Waals surface area contributed by atoms with E-state index < -0.39 is 17.0 Å². The van der Waals surface area contributed by atoms with Crippen LogP contribution in [-0.4, -0.2) is 0 Å². The van der Waals surface area contributed by atoms with Crippen molar-refractivity contribution in [1.82, 2.24) is 0 Å². The van der Waals surface area contributed by atoms with Crippen molar-refractivity contribution in [2.75, 3.05) is 0 Å². The summed E-state index contributed by atoms with van der Waals surface area (Å²) in [5, 5.41) is -0.402. The van der Waals surface area contributed by atoms with Gasteiger partial charge >= 0.3 is 0 Å². The van der Waals surface area contributed by atoms with Crippen LogP contribution in [0, 0.1) is 15.2 Å². The molecule has 0 bridgehead atoms. The molecule has 0 fully saturated rings. The van der Waals surface area contributed by atoms with Crippen LogP contribution < -0.4 is 0 Å². The molecule has 100 valence electrons. The summed E-state index contributed by atoms with van der Waals surface area (Å²) in [7, 11) is 0. The van der Waals surface area contributed by atoms with Crippen molar-refractivity contribution in [3.63, 3.8) is 0 Å². The van der Waals surface area contributed by atoms with E-state index in [9.17, 15) is 8.78 Å². The van der Waals surface area contributed by atoms with E-state index >= 15 is 0 Å². The molecule has 0 saturated heterocycles. The van der Waals surface area contributed by atoms with Crippen LogP contribution in [0.4, 0.5) is 8.78 Å². The zero-order chi connectivity index (χ0) is 14.0. The molecule has 0 aliphatic rings. The number of benzene rings is 2. The SMILES string of the molecule is Fc1cccc(CC(Cl)c2cc(Br)ccc2I)c1F. The fraction of sp³-hybridized carbons (Fsp3) is 0.143. The molecule has 2 aromatic carbocycles. The highest BCUT2D eigenvalue weighted by atomic mass is 127. The third-order valence-corrected chi connectivity index (χ3v) is 4.59. The maximum Gasteiger partial charge on any atom is 0.162 e. The van der Waals surface area contributed by atoms with Crippen LogP contribution in [0.2, 0.25) is 0 Å². The maximum absolute atomic E-state index is 13.6. The largest absolute Gasteiger partial charge is 0.204 e. The second-order valence-corrected chi connectivity index (χ2v) is 6.66. The van der Waals surface area contributed by atoms with E-state index in [4.69, 9.17) is 11.6 Å². The van der Waals surface area contributed by atoms with Crippen molar-refractivity contribution in [2.45, 2.75) is 11.8 Å². The minimum atomic E-state index is -0.842.